The number of hydrogen-bond acceptors (Lipinski definition) is 8. The van der Waals surface area contributed by atoms with E-state index in [1.54, 1.807) is 18.5 Å². The van der Waals surface area contributed by atoms with Gasteiger partial charge in [0.1, 0.15) is 5.54 Å². The minimum absolute atomic E-state index is 0.0268. The van der Waals surface area contributed by atoms with Gasteiger partial charge in [-0.3, -0.25) is 19.5 Å². The number of hydrogen-bond donors (Lipinski definition) is 1. The van der Waals surface area contributed by atoms with Crippen LogP contribution in [0.15, 0.2) is 29.0 Å². The molecule has 1 aliphatic heterocycles. The maximum Gasteiger partial charge on any atom is 0.325 e. The van der Waals surface area contributed by atoms with Crippen molar-refractivity contribution in [1.29, 1.82) is 0 Å². The summed E-state index contributed by atoms with van der Waals surface area (Å²) in [7, 11) is 0. The number of aryl methyl sites for hydroxylation is 1. The second-order valence-electron chi connectivity index (χ2n) is 7.86. The Labute approximate surface area is 179 Å². The highest BCUT2D eigenvalue weighted by molar-refractivity contribution is 6.07. The lowest BCUT2D eigenvalue weighted by atomic mass is 9.82. The number of imide groups is 1. The molecule has 2 aliphatic rings. The Morgan fingerprint density at radius 1 is 1.26 bits per heavy atom. The summed E-state index contributed by atoms with van der Waals surface area (Å²) >= 11 is 0. The van der Waals surface area contributed by atoms with Crippen LogP contribution in [0.2, 0.25) is 0 Å². The van der Waals surface area contributed by atoms with Gasteiger partial charge in [-0.1, -0.05) is 24.4 Å². The molecule has 10 heteroatoms. The van der Waals surface area contributed by atoms with E-state index in [1.165, 1.54) is 0 Å². The topological polar surface area (TPSA) is 128 Å². The van der Waals surface area contributed by atoms with Crippen molar-refractivity contribution in [3.8, 4) is 11.4 Å². The zero-order chi connectivity index (χ0) is 21.7. The molecule has 1 N–H and O–H groups in total. The minimum atomic E-state index is -0.766. The molecule has 0 aromatic carbocycles. The number of carbonyl (C=O) groups excluding carboxylic acids is 3. The standard InChI is InChI=1S/C21H25N5O5/c27-17(8-12-26-19(28)21(24-20(26)29)9-2-1-3-10-21)30-13-5-7-16-23-18(25-31-16)15-6-4-11-22-14-15/h4,6,11,14H,1-3,5,7-10,12-13H2,(H,24,29). The predicted molar refractivity (Wildman–Crippen MR) is 107 cm³/mol. The van der Waals surface area contributed by atoms with Crippen molar-refractivity contribution >= 4 is 17.9 Å². The Morgan fingerprint density at radius 3 is 2.87 bits per heavy atom. The number of pyridine rings is 1. The highest BCUT2D eigenvalue weighted by Crippen LogP contribution is 2.33. The summed E-state index contributed by atoms with van der Waals surface area (Å²) in [5, 5.41) is 6.75. The summed E-state index contributed by atoms with van der Waals surface area (Å²) in [5.41, 5.74) is -0.00253. The Morgan fingerprint density at radius 2 is 2.10 bits per heavy atom. The van der Waals surface area contributed by atoms with Crippen LogP contribution in [-0.2, 0) is 20.7 Å². The van der Waals surface area contributed by atoms with E-state index in [2.05, 4.69) is 20.4 Å². The molecule has 2 fully saturated rings. The first-order valence-electron chi connectivity index (χ1n) is 10.6. The van der Waals surface area contributed by atoms with Gasteiger partial charge in [-0.05, 0) is 31.4 Å². The van der Waals surface area contributed by atoms with Crippen LogP contribution in [0.3, 0.4) is 0 Å². The van der Waals surface area contributed by atoms with Gasteiger partial charge in [0.05, 0.1) is 13.0 Å². The van der Waals surface area contributed by atoms with E-state index in [4.69, 9.17) is 9.26 Å². The molecule has 3 amide bonds. The molecule has 164 valence electrons. The molecule has 1 spiro atoms. The predicted octanol–water partition coefficient (Wildman–Crippen LogP) is 2.25. The molecular weight excluding hydrogens is 402 g/mol. The lowest BCUT2D eigenvalue weighted by Crippen LogP contribution is -2.48. The first kappa shape index (κ1) is 21.0. The average Bonchev–Trinajstić information content (AvgIpc) is 3.34. The Kier molecular flexibility index (Phi) is 6.24. The summed E-state index contributed by atoms with van der Waals surface area (Å²) in [5.74, 6) is 0.244. The minimum Gasteiger partial charge on any atom is -0.466 e. The van der Waals surface area contributed by atoms with Crippen LogP contribution in [0.5, 0.6) is 0 Å². The third kappa shape index (κ3) is 4.73. The molecule has 3 heterocycles. The van der Waals surface area contributed by atoms with Crippen molar-refractivity contribution in [2.75, 3.05) is 13.2 Å². The quantitative estimate of drug-likeness (QED) is 0.386. The van der Waals surface area contributed by atoms with Gasteiger partial charge in [-0.2, -0.15) is 4.98 Å². The van der Waals surface area contributed by atoms with Gasteiger partial charge in [0.25, 0.3) is 5.91 Å². The van der Waals surface area contributed by atoms with Crippen LogP contribution in [0, 0.1) is 0 Å². The molecule has 31 heavy (non-hydrogen) atoms. The molecule has 0 radical (unpaired) electrons. The molecule has 10 nitrogen and oxygen atoms in total. The first-order valence-corrected chi connectivity index (χ1v) is 10.6. The number of aromatic nitrogens is 3. The Bertz CT molecular complexity index is 939. The first-order chi connectivity index (χ1) is 15.1. The van der Waals surface area contributed by atoms with Crippen LogP contribution < -0.4 is 5.32 Å². The van der Waals surface area contributed by atoms with Gasteiger partial charge >= 0.3 is 12.0 Å². The Hall–Kier alpha value is -3.30. The van der Waals surface area contributed by atoms with Crippen molar-refractivity contribution < 1.29 is 23.6 Å². The molecule has 2 aromatic rings. The number of carbonyl (C=O) groups is 3. The lowest BCUT2D eigenvalue weighted by molar-refractivity contribution is -0.144. The number of urea groups is 1. The highest BCUT2D eigenvalue weighted by atomic mass is 16.5. The number of ether oxygens (including phenoxy) is 1. The van der Waals surface area contributed by atoms with Gasteiger partial charge in [0.2, 0.25) is 11.7 Å². The number of rotatable bonds is 8. The maximum atomic E-state index is 12.7. The second-order valence-corrected chi connectivity index (χ2v) is 7.86. The third-order valence-corrected chi connectivity index (χ3v) is 5.68. The number of esters is 1. The maximum absolute atomic E-state index is 12.7. The van der Waals surface area contributed by atoms with Gasteiger partial charge in [-0.25, -0.2) is 4.79 Å². The molecule has 1 saturated carbocycles. The fourth-order valence-corrected chi connectivity index (χ4v) is 4.03. The summed E-state index contributed by atoms with van der Waals surface area (Å²) in [6.45, 7) is 0.219. The summed E-state index contributed by atoms with van der Waals surface area (Å²) in [4.78, 5) is 46.4. The molecule has 2 aromatic heterocycles. The fraction of sp³-hybridized carbons (Fsp3) is 0.524. The fourth-order valence-electron chi connectivity index (χ4n) is 4.03. The van der Waals surface area contributed by atoms with Crippen molar-refractivity contribution in [2.45, 2.75) is 56.9 Å². The molecule has 0 unspecified atom stereocenters. The van der Waals surface area contributed by atoms with Crippen LogP contribution in [-0.4, -0.2) is 56.6 Å². The van der Waals surface area contributed by atoms with Gasteiger partial charge in [0, 0.05) is 30.9 Å². The summed E-state index contributed by atoms with van der Waals surface area (Å²) in [6, 6.07) is 3.21. The van der Waals surface area contributed by atoms with E-state index >= 15 is 0 Å². The van der Waals surface area contributed by atoms with Crippen molar-refractivity contribution in [3.05, 3.63) is 30.4 Å². The highest BCUT2D eigenvalue weighted by Gasteiger charge is 2.51. The molecule has 1 saturated heterocycles. The summed E-state index contributed by atoms with van der Waals surface area (Å²) in [6.07, 6.45) is 8.52. The number of nitrogens with one attached hydrogen (secondary N) is 1. The monoisotopic (exact) mass is 427 g/mol. The van der Waals surface area contributed by atoms with Crippen LogP contribution in [0.4, 0.5) is 4.79 Å². The normalized spacial score (nSPS) is 17.7. The molecule has 0 bridgehead atoms. The molecular formula is C21H25N5O5. The largest absolute Gasteiger partial charge is 0.466 e. The SMILES string of the molecule is O=C(CCN1C(=O)NC2(CCCCC2)C1=O)OCCCc1nc(-c2cccnc2)no1. The Balaban J connectivity index is 1.17. The average molecular weight is 427 g/mol. The van der Waals surface area contributed by atoms with E-state index in [-0.39, 0.29) is 25.5 Å². The zero-order valence-electron chi connectivity index (χ0n) is 17.2. The second kappa shape index (κ2) is 9.23. The van der Waals surface area contributed by atoms with Gasteiger partial charge < -0.3 is 14.6 Å². The van der Waals surface area contributed by atoms with Crippen molar-refractivity contribution in [2.24, 2.45) is 0 Å². The van der Waals surface area contributed by atoms with Crippen LogP contribution in [0.1, 0.15) is 50.8 Å². The van der Waals surface area contributed by atoms with E-state index in [1.807, 2.05) is 6.07 Å². The van der Waals surface area contributed by atoms with Gasteiger partial charge in [0.15, 0.2) is 0 Å². The smallest absolute Gasteiger partial charge is 0.325 e. The lowest BCUT2D eigenvalue weighted by Gasteiger charge is -2.30. The van der Waals surface area contributed by atoms with Crippen molar-refractivity contribution in [1.82, 2.24) is 25.3 Å². The van der Waals surface area contributed by atoms with E-state index in [0.717, 1.165) is 29.7 Å². The van der Waals surface area contributed by atoms with E-state index < -0.39 is 17.5 Å². The van der Waals surface area contributed by atoms with Crippen LogP contribution >= 0.6 is 0 Å². The molecule has 4 rings (SSSR count). The summed E-state index contributed by atoms with van der Waals surface area (Å²) < 4.78 is 10.4. The van der Waals surface area contributed by atoms with E-state index in [9.17, 15) is 14.4 Å². The zero-order valence-corrected chi connectivity index (χ0v) is 17.2. The van der Waals surface area contributed by atoms with Gasteiger partial charge in [-0.15, -0.1) is 0 Å². The van der Waals surface area contributed by atoms with Crippen molar-refractivity contribution in [3.63, 3.8) is 0 Å². The van der Waals surface area contributed by atoms with E-state index in [0.29, 0.717) is 37.4 Å². The molecule has 1 aliphatic carbocycles. The number of nitrogens with zero attached hydrogens (tertiary/aromatic N) is 4. The third-order valence-electron chi connectivity index (χ3n) is 5.68. The van der Waals surface area contributed by atoms with Crippen LogP contribution in [0.25, 0.3) is 11.4 Å². The number of amides is 3. The molecule has 0 atom stereocenters.